The summed E-state index contributed by atoms with van der Waals surface area (Å²) in [4.78, 5) is 28.7. The van der Waals surface area contributed by atoms with Crippen molar-refractivity contribution < 1.29 is 18.0 Å². The van der Waals surface area contributed by atoms with Gasteiger partial charge < -0.3 is 19.3 Å². The zero-order valence-corrected chi connectivity index (χ0v) is 22.2. The van der Waals surface area contributed by atoms with Gasteiger partial charge in [-0.2, -0.15) is 13.2 Å². The second-order valence-electron chi connectivity index (χ2n) is 10.4. The van der Waals surface area contributed by atoms with Gasteiger partial charge in [-0.25, -0.2) is 4.98 Å². The maximum absolute atomic E-state index is 13.5. The Hall–Kier alpha value is -3.41. The molecule has 6 heterocycles. The Balaban J connectivity index is 1.15. The average Bonchev–Trinajstić information content (AvgIpc) is 3.37. The van der Waals surface area contributed by atoms with Crippen LogP contribution in [-0.4, -0.2) is 61.7 Å². The van der Waals surface area contributed by atoms with Crippen LogP contribution in [-0.2, 0) is 37.0 Å². The van der Waals surface area contributed by atoms with E-state index in [0.717, 1.165) is 40.3 Å². The van der Waals surface area contributed by atoms with Crippen molar-refractivity contribution in [1.82, 2.24) is 29.6 Å². The number of alkyl halides is 3. The number of halogens is 4. The molecule has 9 nitrogen and oxygen atoms in total. The van der Waals surface area contributed by atoms with Crippen molar-refractivity contribution in [3.8, 4) is 0 Å². The predicted octanol–water partition coefficient (Wildman–Crippen LogP) is 3.81. The van der Waals surface area contributed by atoms with Crippen LogP contribution in [0.5, 0.6) is 0 Å². The van der Waals surface area contributed by atoms with Gasteiger partial charge in [0.1, 0.15) is 5.82 Å². The molecular formula is C26H28ClF3N8O. The molecule has 6 rings (SSSR count). The molecule has 3 aromatic heterocycles. The summed E-state index contributed by atoms with van der Waals surface area (Å²) in [5.74, 6) is -0.160. The SMILES string of the molecule is C[C@@H]1CN(c2c(Cl)cnc3c2CCN(c2ccccn2)C3)CC[C@@H]1C(=O)N1CCn2c(nnc2C(F)(F)F)C1. The Bertz CT molecular complexity index is 1380. The summed E-state index contributed by atoms with van der Waals surface area (Å²) in [6.45, 7) is 5.08. The summed E-state index contributed by atoms with van der Waals surface area (Å²) in [6.07, 6.45) is 0.343. The first-order chi connectivity index (χ1) is 18.7. The second kappa shape index (κ2) is 9.96. The first-order valence-electron chi connectivity index (χ1n) is 13.1. The van der Waals surface area contributed by atoms with E-state index < -0.39 is 12.0 Å². The normalized spacial score (nSPS) is 21.5. The Labute approximate surface area is 228 Å². The molecule has 1 saturated heterocycles. The highest BCUT2D eigenvalue weighted by Crippen LogP contribution is 2.39. The minimum atomic E-state index is -4.57. The number of anilines is 2. The van der Waals surface area contributed by atoms with E-state index in [0.29, 0.717) is 31.1 Å². The van der Waals surface area contributed by atoms with Crippen molar-refractivity contribution in [3.63, 3.8) is 0 Å². The van der Waals surface area contributed by atoms with Crippen LogP contribution in [0.4, 0.5) is 24.7 Å². The molecule has 0 radical (unpaired) electrons. The zero-order valence-electron chi connectivity index (χ0n) is 21.4. The van der Waals surface area contributed by atoms with Crippen LogP contribution in [0.3, 0.4) is 0 Å². The molecule has 2 atom stereocenters. The van der Waals surface area contributed by atoms with Gasteiger partial charge in [0.05, 0.1) is 29.5 Å². The van der Waals surface area contributed by atoms with Crippen LogP contribution in [0.25, 0.3) is 0 Å². The van der Waals surface area contributed by atoms with E-state index in [1.165, 1.54) is 0 Å². The van der Waals surface area contributed by atoms with Crippen LogP contribution in [0, 0.1) is 11.8 Å². The fraction of sp³-hybridized carbons (Fsp3) is 0.500. The third-order valence-electron chi connectivity index (χ3n) is 8.00. The number of carbonyl (C=O) groups excluding carboxylic acids is 1. The van der Waals surface area contributed by atoms with Gasteiger partial charge in [0.25, 0.3) is 0 Å². The van der Waals surface area contributed by atoms with Gasteiger partial charge in [-0.1, -0.05) is 24.6 Å². The first kappa shape index (κ1) is 25.8. The van der Waals surface area contributed by atoms with Crippen LogP contribution in [0.1, 0.15) is 36.3 Å². The molecule has 0 spiro atoms. The third-order valence-corrected chi connectivity index (χ3v) is 8.27. The molecule has 1 amide bonds. The predicted molar refractivity (Wildman–Crippen MR) is 138 cm³/mol. The van der Waals surface area contributed by atoms with E-state index in [1.54, 1.807) is 17.3 Å². The van der Waals surface area contributed by atoms with E-state index in [-0.39, 0.29) is 43.2 Å². The molecule has 3 aliphatic heterocycles. The van der Waals surface area contributed by atoms with Crippen LogP contribution in [0.2, 0.25) is 5.02 Å². The van der Waals surface area contributed by atoms with Gasteiger partial charge >= 0.3 is 6.18 Å². The minimum absolute atomic E-state index is 0.0322. The van der Waals surface area contributed by atoms with Crippen molar-refractivity contribution in [2.75, 3.05) is 36.0 Å². The topological polar surface area (TPSA) is 83.3 Å². The quantitative estimate of drug-likeness (QED) is 0.482. The Kier molecular flexibility index (Phi) is 6.60. The van der Waals surface area contributed by atoms with Gasteiger partial charge in [-0.05, 0) is 30.9 Å². The molecule has 3 aliphatic rings. The lowest BCUT2D eigenvalue weighted by molar-refractivity contribution is -0.148. The van der Waals surface area contributed by atoms with Gasteiger partial charge in [-0.15, -0.1) is 10.2 Å². The number of piperidine rings is 1. The Morgan fingerprint density at radius 1 is 1.05 bits per heavy atom. The number of nitrogens with zero attached hydrogens (tertiary/aromatic N) is 8. The maximum Gasteiger partial charge on any atom is 0.451 e. The van der Waals surface area contributed by atoms with E-state index in [4.69, 9.17) is 11.6 Å². The van der Waals surface area contributed by atoms with Gasteiger partial charge in [0.15, 0.2) is 5.82 Å². The first-order valence-corrected chi connectivity index (χ1v) is 13.4. The lowest BCUT2D eigenvalue weighted by Crippen LogP contribution is -2.49. The number of rotatable bonds is 3. The highest BCUT2D eigenvalue weighted by atomic mass is 35.5. The average molecular weight is 561 g/mol. The number of aromatic nitrogens is 5. The fourth-order valence-corrected chi connectivity index (χ4v) is 6.33. The Morgan fingerprint density at radius 2 is 1.90 bits per heavy atom. The van der Waals surface area contributed by atoms with Gasteiger partial charge in [-0.3, -0.25) is 9.78 Å². The summed E-state index contributed by atoms with van der Waals surface area (Å²) in [5, 5.41) is 7.63. The molecule has 0 aromatic carbocycles. The van der Waals surface area contributed by atoms with Gasteiger partial charge in [0, 0.05) is 56.6 Å². The number of hydrogen-bond donors (Lipinski definition) is 0. The van der Waals surface area contributed by atoms with E-state index >= 15 is 0 Å². The number of carbonyl (C=O) groups is 1. The molecule has 0 N–H and O–H groups in total. The standard InChI is InChI=1S/C26H28ClF3N8O/c1-16-13-36(23-18-6-8-35(21-4-2-3-7-31-21)14-20(18)32-12-19(23)27)9-5-17(16)24(39)37-10-11-38-22(15-37)33-34-25(38)26(28,29)30/h2-4,7,12,16-17H,5-6,8-11,13-15H2,1H3/t16-,17+/m1/s1. The van der Waals surface area contributed by atoms with Crippen LogP contribution < -0.4 is 9.80 Å². The Morgan fingerprint density at radius 3 is 2.64 bits per heavy atom. The lowest BCUT2D eigenvalue weighted by atomic mass is 9.85. The lowest BCUT2D eigenvalue weighted by Gasteiger charge is -2.42. The third kappa shape index (κ3) is 4.79. The van der Waals surface area contributed by atoms with E-state index in [2.05, 4.69) is 30.0 Å². The number of pyridine rings is 2. The summed E-state index contributed by atoms with van der Waals surface area (Å²) in [7, 11) is 0. The molecule has 13 heteroatoms. The van der Waals surface area contributed by atoms with Crippen molar-refractivity contribution in [3.05, 3.63) is 58.5 Å². The molecule has 0 aliphatic carbocycles. The highest BCUT2D eigenvalue weighted by molar-refractivity contribution is 6.33. The van der Waals surface area contributed by atoms with Crippen LogP contribution in [0.15, 0.2) is 30.6 Å². The fourth-order valence-electron chi connectivity index (χ4n) is 6.04. The molecular weight excluding hydrogens is 533 g/mol. The number of hydrogen-bond acceptors (Lipinski definition) is 7. The molecule has 0 unspecified atom stereocenters. The summed E-state index contributed by atoms with van der Waals surface area (Å²) >= 11 is 6.70. The molecule has 39 heavy (non-hydrogen) atoms. The van der Waals surface area contributed by atoms with Crippen molar-refractivity contribution in [2.24, 2.45) is 11.8 Å². The highest BCUT2D eigenvalue weighted by Gasteiger charge is 2.41. The summed E-state index contributed by atoms with van der Waals surface area (Å²) < 4.78 is 40.6. The monoisotopic (exact) mass is 560 g/mol. The minimum Gasteiger partial charge on any atom is -0.370 e. The van der Waals surface area contributed by atoms with Crippen molar-refractivity contribution in [2.45, 2.75) is 45.6 Å². The van der Waals surface area contributed by atoms with E-state index in [9.17, 15) is 18.0 Å². The number of fused-ring (bicyclic) bond motifs is 2. The van der Waals surface area contributed by atoms with E-state index in [1.807, 2.05) is 25.1 Å². The molecule has 3 aromatic rings. The second-order valence-corrected chi connectivity index (χ2v) is 10.8. The van der Waals surface area contributed by atoms with Crippen molar-refractivity contribution >= 4 is 29.0 Å². The number of amides is 1. The molecule has 0 saturated carbocycles. The molecule has 1 fully saturated rings. The maximum atomic E-state index is 13.5. The zero-order chi connectivity index (χ0) is 27.3. The smallest absolute Gasteiger partial charge is 0.370 e. The molecule has 0 bridgehead atoms. The molecule has 206 valence electrons. The summed E-state index contributed by atoms with van der Waals surface area (Å²) in [6, 6.07) is 5.86. The van der Waals surface area contributed by atoms with Crippen molar-refractivity contribution in [1.29, 1.82) is 0 Å². The largest absolute Gasteiger partial charge is 0.451 e. The summed E-state index contributed by atoms with van der Waals surface area (Å²) in [5.41, 5.74) is 3.11. The van der Waals surface area contributed by atoms with Gasteiger partial charge in [0.2, 0.25) is 11.7 Å². The van der Waals surface area contributed by atoms with Crippen LogP contribution >= 0.6 is 11.6 Å².